The van der Waals surface area contributed by atoms with Gasteiger partial charge in [0, 0.05) is 29.0 Å². The molecule has 37 heavy (non-hydrogen) atoms. The van der Waals surface area contributed by atoms with Crippen LogP contribution in [0.5, 0.6) is 5.75 Å². The molecule has 7 N–H and O–H groups in total. The van der Waals surface area contributed by atoms with Crippen molar-refractivity contribution >= 4 is 29.1 Å². The molecule has 194 valence electrons. The van der Waals surface area contributed by atoms with Gasteiger partial charge < -0.3 is 31.3 Å². The molecule has 0 aromatic heterocycles. The zero-order valence-electron chi connectivity index (χ0n) is 20.5. The summed E-state index contributed by atoms with van der Waals surface area (Å²) in [6.07, 6.45) is -0.531. The van der Waals surface area contributed by atoms with Gasteiger partial charge in [0.05, 0.1) is 24.7 Å². The number of ether oxygens (including phenoxy) is 1. The number of amides is 1. The predicted molar refractivity (Wildman–Crippen MR) is 139 cm³/mol. The molecule has 10 heteroatoms. The number of aliphatic hydroxyl groups is 1. The standard InChI is InChI=1S/C27H29FN4O5/c1-15(2)37-24-10-16(14-33)9-18(21(24)12-25(34)35)13-31-23-8-5-19(28)11-22(23)27(36)32-20-6-3-17(4-7-20)26(29)30/h3-11,15,31,33H,12-14H2,1-2H3,(H3,29,30)(H,32,36)(H,34,35). The highest BCUT2D eigenvalue weighted by molar-refractivity contribution is 6.08. The number of hydrogen-bond acceptors (Lipinski definition) is 6. The first-order valence-electron chi connectivity index (χ1n) is 11.5. The molecule has 3 aromatic rings. The van der Waals surface area contributed by atoms with Crippen molar-refractivity contribution < 1.29 is 28.9 Å². The van der Waals surface area contributed by atoms with Gasteiger partial charge in [-0.15, -0.1) is 0 Å². The van der Waals surface area contributed by atoms with Crippen molar-refractivity contribution in [2.24, 2.45) is 5.73 Å². The van der Waals surface area contributed by atoms with Crippen LogP contribution in [0.3, 0.4) is 0 Å². The van der Waals surface area contributed by atoms with E-state index in [-0.39, 0.29) is 37.1 Å². The Labute approximate surface area is 213 Å². The fourth-order valence-corrected chi connectivity index (χ4v) is 3.71. The summed E-state index contributed by atoms with van der Waals surface area (Å²) < 4.78 is 19.9. The third kappa shape index (κ3) is 7.28. The second-order valence-electron chi connectivity index (χ2n) is 8.62. The Kier molecular flexibility index (Phi) is 8.81. The number of nitrogen functional groups attached to an aromatic ring is 1. The van der Waals surface area contributed by atoms with E-state index < -0.39 is 17.7 Å². The monoisotopic (exact) mass is 508 g/mol. The summed E-state index contributed by atoms with van der Waals surface area (Å²) in [4.78, 5) is 24.6. The number of carboxylic acids is 1. The number of hydrogen-bond donors (Lipinski definition) is 6. The number of halogens is 1. The Hall–Kier alpha value is -4.44. The third-order valence-corrected chi connectivity index (χ3v) is 5.38. The van der Waals surface area contributed by atoms with E-state index in [1.807, 2.05) is 13.8 Å². The smallest absolute Gasteiger partial charge is 0.307 e. The number of rotatable bonds is 11. The average Bonchev–Trinajstić information content (AvgIpc) is 2.84. The van der Waals surface area contributed by atoms with E-state index in [2.05, 4.69) is 10.6 Å². The Morgan fingerprint density at radius 3 is 2.41 bits per heavy atom. The van der Waals surface area contributed by atoms with Gasteiger partial charge >= 0.3 is 5.97 Å². The lowest BCUT2D eigenvalue weighted by molar-refractivity contribution is -0.136. The first-order valence-corrected chi connectivity index (χ1v) is 11.5. The molecule has 0 atom stereocenters. The molecule has 9 nitrogen and oxygen atoms in total. The van der Waals surface area contributed by atoms with E-state index in [0.717, 1.165) is 6.07 Å². The largest absolute Gasteiger partial charge is 0.491 e. The van der Waals surface area contributed by atoms with Gasteiger partial charge in [-0.25, -0.2) is 4.39 Å². The molecule has 0 aliphatic heterocycles. The molecular formula is C27H29FN4O5. The number of aliphatic carboxylic acids is 1. The number of carbonyl (C=O) groups excluding carboxylic acids is 1. The molecule has 0 heterocycles. The number of nitrogens with one attached hydrogen (secondary N) is 3. The number of carbonyl (C=O) groups is 2. The second-order valence-corrected chi connectivity index (χ2v) is 8.62. The molecule has 0 saturated heterocycles. The highest BCUT2D eigenvalue weighted by atomic mass is 19.1. The van der Waals surface area contributed by atoms with Crippen molar-refractivity contribution in [2.45, 2.75) is 39.5 Å². The highest BCUT2D eigenvalue weighted by Crippen LogP contribution is 2.29. The minimum Gasteiger partial charge on any atom is -0.491 e. The molecule has 0 spiro atoms. The second kappa shape index (κ2) is 12.0. The van der Waals surface area contributed by atoms with Crippen LogP contribution in [0.4, 0.5) is 15.8 Å². The molecule has 0 saturated carbocycles. The normalized spacial score (nSPS) is 10.7. The van der Waals surface area contributed by atoms with Crippen LogP contribution in [0.25, 0.3) is 0 Å². The van der Waals surface area contributed by atoms with Crippen LogP contribution < -0.4 is 21.1 Å². The quantitative estimate of drug-likeness (QED) is 0.169. The van der Waals surface area contributed by atoms with Gasteiger partial charge in [-0.3, -0.25) is 15.0 Å². The van der Waals surface area contributed by atoms with Gasteiger partial charge in [0.15, 0.2) is 0 Å². The minimum atomic E-state index is -1.05. The zero-order chi connectivity index (χ0) is 27.1. The summed E-state index contributed by atoms with van der Waals surface area (Å²) in [5, 5.41) is 32.4. The first kappa shape index (κ1) is 27.2. The Morgan fingerprint density at radius 1 is 1.11 bits per heavy atom. The van der Waals surface area contributed by atoms with E-state index in [1.54, 1.807) is 36.4 Å². The SMILES string of the molecule is CC(C)Oc1cc(CO)cc(CNc2ccc(F)cc2C(=O)Nc2ccc(C(=N)N)cc2)c1CC(=O)O. The fraction of sp³-hybridized carbons (Fsp3) is 0.222. The van der Waals surface area contributed by atoms with Crippen LogP contribution in [0, 0.1) is 11.2 Å². The molecule has 1 amide bonds. The van der Waals surface area contributed by atoms with E-state index in [4.69, 9.17) is 15.9 Å². The molecular weight excluding hydrogens is 479 g/mol. The first-order chi connectivity index (χ1) is 17.6. The maximum atomic E-state index is 14.1. The topological polar surface area (TPSA) is 158 Å². The molecule has 0 unspecified atom stereocenters. The predicted octanol–water partition coefficient (Wildman–Crippen LogP) is 3.88. The zero-order valence-corrected chi connectivity index (χ0v) is 20.5. The third-order valence-electron chi connectivity index (χ3n) is 5.38. The maximum absolute atomic E-state index is 14.1. The summed E-state index contributed by atoms with van der Waals surface area (Å²) in [6.45, 7) is 3.43. The van der Waals surface area contributed by atoms with E-state index in [9.17, 15) is 24.2 Å². The lowest BCUT2D eigenvalue weighted by Crippen LogP contribution is -2.17. The van der Waals surface area contributed by atoms with Crippen molar-refractivity contribution in [3.8, 4) is 5.75 Å². The van der Waals surface area contributed by atoms with Crippen molar-refractivity contribution in [2.75, 3.05) is 10.6 Å². The maximum Gasteiger partial charge on any atom is 0.307 e. The van der Waals surface area contributed by atoms with Crippen LogP contribution in [0.15, 0.2) is 54.6 Å². The molecule has 3 aromatic carbocycles. The van der Waals surface area contributed by atoms with Gasteiger partial charge in [-0.2, -0.15) is 0 Å². The van der Waals surface area contributed by atoms with Gasteiger partial charge in [-0.05, 0) is 73.5 Å². The summed E-state index contributed by atoms with van der Waals surface area (Å²) in [7, 11) is 0. The van der Waals surface area contributed by atoms with Crippen molar-refractivity contribution in [3.63, 3.8) is 0 Å². The fourth-order valence-electron chi connectivity index (χ4n) is 3.71. The van der Waals surface area contributed by atoms with Gasteiger partial charge in [0.25, 0.3) is 5.91 Å². The summed E-state index contributed by atoms with van der Waals surface area (Å²) in [5.74, 6) is -1.99. The highest BCUT2D eigenvalue weighted by Gasteiger charge is 2.18. The van der Waals surface area contributed by atoms with Crippen molar-refractivity contribution in [1.82, 2.24) is 0 Å². The number of benzene rings is 3. The van der Waals surface area contributed by atoms with E-state index in [0.29, 0.717) is 39.4 Å². The summed E-state index contributed by atoms with van der Waals surface area (Å²) in [6, 6.07) is 13.3. The van der Waals surface area contributed by atoms with Gasteiger partial charge in [-0.1, -0.05) is 6.07 Å². The Morgan fingerprint density at radius 2 is 1.81 bits per heavy atom. The Balaban J connectivity index is 1.90. The molecule has 0 aliphatic rings. The van der Waals surface area contributed by atoms with E-state index in [1.165, 1.54) is 12.1 Å². The number of nitrogens with two attached hydrogens (primary N) is 1. The Bertz CT molecular complexity index is 1310. The van der Waals surface area contributed by atoms with E-state index >= 15 is 0 Å². The number of carboxylic acid groups (broad SMARTS) is 1. The van der Waals surface area contributed by atoms with Gasteiger partial charge in [0.2, 0.25) is 0 Å². The number of amidine groups is 1. The van der Waals surface area contributed by atoms with Crippen LogP contribution in [0.1, 0.15) is 46.5 Å². The minimum absolute atomic E-state index is 0.0346. The number of anilines is 2. The number of aliphatic hydroxyl groups excluding tert-OH is 1. The summed E-state index contributed by atoms with van der Waals surface area (Å²) in [5.41, 5.74) is 8.26. The summed E-state index contributed by atoms with van der Waals surface area (Å²) >= 11 is 0. The average molecular weight is 509 g/mol. The molecule has 0 bridgehead atoms. The van der Waals surface area contributed by atoms with Crippen LogP contribution >= 0.6 is 0 Å². The lowest BCUT2D eigenvalue weighted by Gasteiger charge is -2.20. The molecule has 0 radical (unpaired) electrons. The van der Waals surface area contributed by atoms with Crippen molar-refractivity contribution in [1.29, 1.82) is 5.41 Å². The van der Waals surface area contributed by atoms with Crippen molar-refractivity contribution in [3.05, 3.63) is 88.2 Å². The van der Waals surface area contributed by atoms with Crippen LogP contribution in [-0.4, -0.2) is 34.0 Å². The molecule has 3 rings (SSSR count). The van der Waals surface area contributed by atoms with Crippen LogP contribution in [0.2, 0.25) is 0 Å². The van der Waals surface area contributed by atoms with Crippen LogP contribution in [-0.2, 0) is 24.4 Å². The molecule has 0 aliphatic carbocycles. The van der Waals surface area contributed by atoms with Gasteiger partial charge in [0.1, 0.15) is 17.4 Å². The lowest BCUT2D eigenvalue weighted by atomic mass is 9.99. The molecule has 0 fully saturated rings.